The lowest BCUT2D eigenvalue weighted by Gasteiger charge is -2.39. The van der Waals surface area contributed by atoms with Crippen molar-refractivity contribution in [1.29, 1.82) is 0 Å². The van der Waals surface area contributed by atoms with Gasteiger partial charge in [0.05, 0.1) is 11.6 Å². The van der Waals surface area contributed by atoms with Gasteiger partial charge in [0.25, 0.3) is 0 Å². The molecule has 0 aliphatic carbocycles. The molecule has 1 aromatic heterocycles. The van der Waals surface area contributed by atoms with E-state index in [4.69, 9.17) is 0 Å². The van der Waals surface area contributed by atoms with E-state index in [1.165, 1.54) is 5.56 Å². The van der Waals surface area contributed by atoms with Crippen molar-refractivity contribution in [3.8, 4) is 0 Å². The zero-order valence-corrected chi connectivity index (χ0v) is 13.4. The molecule has 1 fully saturated rings. The zero-order chi connectivity index (χ0) is 16.4. The number of anilines is 1. The predicted octanol–water partition coefficient (Wildman–Crippen LogP) is 3.45. The van der Waals surface area contributed by atoms with Gasteiger partial charge in [0.2, 0.25) is 5.91 Å². The second-order valence-electron chi connectivity index (χ2n) is 6.14. The summed E-state index contributed by atoms with van der Waals surface area (Å²) in [5, 5.41) is 4.03. The van der Waals surface area contributed by atoms with Crippen LogP contribution < -0.4 is 5.32 Å². The molecule has 2 aromatic carbocycles. The number of pyridine rings is 1. The molecule has 24 heavy (non-hydrogen) atoms. The fourth-order valence-electron chi connectivity index (χ4n) is 3.09. The number of nitrogens with one attached hydrogen (secondary N) is 1. The molecule has 1 atom stereocenters. The molecule has 3 aromatic rings. The van der Waals surface area contributed by atoms with Gasteiger partial charge in [-0.3, -0.25) is 9.69 Å². The van der Waals surface area contributed by atoms with Crippen molar-refractivity contribution in [3.63, 3.8) is 0 Å². The van der Waals surface area contributed by atoms with Gasteiger partial charge in [0.15, 0.2) is 0 Å². The quantitative estimate of drug-likeness (QED) is 0.801. The van der Waals surface area contributed by atoms with E-state index in [0.717, 1.165) is 30.4 Å². The Balaban J connectivity index is 1.43. The first-order valence-corrected chi connectivity index (χ1v) is 8.24. The second kappa shape index (κ2) is 6.42. The molecule has 4 rings (SSSR count). The molecule has 0 radical (unpaired) electrons. The largest absolute Gasteiger partial charge is 0.309 e. The Morgan fingerprint density at radius 2 is 1.83 bits per heavy atom. The van der Waals surface area contributed by atoms with Crippen molar-refractivity contribution >= 4 is 22.6 Å². The van der Waals surface area contributed by atoms with Crippen LogP contribution in [0.4, 0.5) is 5.82 Å². The smallest absolute Gasteiger partial charge is 0.242 e. The Morgan fingerprint density at radius 3 is 2.62 bits per heavy atom. The van der Waals surface area contributed by atoms with Crippen LogP contribution in [-0.4, -0.2) is 28.4 Å². The third-order valence-electron chi connectivity index (χ3n) is 4.51. The van der Waals surface area contributed by atoms with Gasteiger partial charge in [-0.2, -0.15) is 0 Å². The highest BCUT2D eigenvalue weighted by Crippen LogP contribution is 2.22. The predicted molar refractivity (Wildman–Crippen MR) is 95.6 cm³/mol. The first-order chi connectivity index (χ1) is 11.8. The van der Waals surface area contributed by atoms with Crippen LogP contribution in [0.3, 0.4) is 0 Å². The van der Waals surface area contributed by atoms with Crippen LogP contribution in [0.25, 0.3) is 10.9 Å². The minimum Gasteiger partial charge on any atom is -0.309 e. The van der Waals surface area contributed by atoms with E-state index < -0.39 is 0 Å². The van der Waals surface area contributed by atoms with Crippen molar-refractivity contribution in [2.45, 2.75) is 19.0 Å². The van der Waals surface area contributed by atoms with E-state index in [1.807, 2.05) is 54.6 Å². The molecule has 4 nitrogen and oxygen atoms in total. The fraction of sp³-hybridized carbons (Fsp3) is 0.200. The van der Waals surface area contributed by atoms with Crippen molar-refractivity contribution in [2.24, 2.45) is 0 Å². The van der Waals surface area contributed by atoms with Crippen molar-refractivity contribution in [2.75, 3.05) is 11.9 Å². The zero-order valence-electron chi connectivity index (χ0n) is 13.4. The van der Waals surface area contributed by atoms with Crippen LogP contribution in [0.5, 0.6) is 0 Å². The Hall–Kier alpha value is -2.72. The van der Waals surface area contributed by atoms with E-state index in [-0.39, 0.29) is 11.9 Å². The number of likely N-dealkylation sites (tertiary alicyclic amines) is 1. The van der Waals surface area contributed by atoms with Gasteiger partial charge in [-0.1, -0.05) is 48.5 Å². The molecule has 0 bridgehead atoms. The maximum Gasteiger partial charge on any atom is 0.242 e. The number of carbonyl (C=O) groups is 1. The van der Waals surface area contributed by atoms with Gasteiger partial charge in [-0.25, -0.2) is 4.98 Å². The number of carbonyl (C=O) groups excluding carboxylic acids is 1. The third kappa shape index (κ3) is 3.01. The van der Waals surface area contributed by atoms with E-state index in [9.17, 15) is 4.79 Å². The van der Waals surface area contributed by atoms with Gasteiger partial charge < -0.3 is 5.32 Å². The average molecular weight is 317 g/mol. The van der Waals surface area contributed by atoms with E-state index in [1.54, 1.807) is 0 Å². The van der Waals surface area contributed by atoms with E-state index >= 15 is 0 Å². The molecule has 1 aliphatic rings. The number of benzene rings is 2. The molecule has 1 aliphatic heterocycles. The van der Waals surface area contributed by atoms with Gasteiger partial charge in [-0.05, 0) is 30.2 Å². The molecule has 0 unspecified atom stereocenters. The molecule has 0 spiro atoms. The average Bonchev–Trinajstić information content (AvgIpc) is 2.59. The number of hydrogen-bond acceptors (Lipinski definition) is 3. The molecule has 1 N–H and O–H groups in total. The number of nitrogens with zero attached hydrogens (tertiary/aromatic N) is 2. The normalized spacial score (nSPS) is 17.4. The summed E-state index contributed by atoms with van der Waals surface area (Å²) in [6, 6.07) is 21.9. The summed E-state index contributed by atoms with van der Waals surface area (Å²) in [6.07, 6.45) is 0.895. The number of aromatic nitrogens is 1. The van der Waals surface area contributed by atoms with Gasteiger partial charge in [-0.15, -0.1) is 0 Å². The lowest BCUT2D eigenvalue weighted by Crippen LogP contribution is -2.53. The summed E-state index contributed by atoms with van der Waals surface area (Å²) < 4.78 is 0. The third-order valence-corrected chi connectivity index (χ3v) is 4.51. The lowest BCUT2D eigenvalue weighted by atomic mass is 10.0. The summed E-state index contributed by atoms with van der Waals surface area (Å²) in [6.45, 7) is 1.77. The summed E-state index contributed by atoms with van der Waals surface area (Å²) in [4.78, 5) is 19.3. The Labute approximate surface area is 141 Å². The molecular formula is C20H19N3O. The fourth-order valence-corrected chi connectivity index (χ4v) is 3.09. The Morgan fingerprint density at radius 1 is 1.04 bits per heavy atom. The monoisotopic (exact) mass is 317 g/mol. The van der Waals surface area contributed by atoms with Crippen molar-refractivity contribution < 1.29 is 4.79 Å². The van der Waals surface area contributed by atoms with Crippen LogP contribution in [0, 0.1) is 0 Å². The number of rotatable bonds is 4. The standard InChI is InChI=1S/C20H19N3O/c24-20(18-12-13-23(18)14-15-6-2-1-3-7-15)22-19-11-10-16-8-4-5-9-17(16)21-19/h1-11,18H,12-14H2,(H,21,22,24)/t18-/m1/s1. The number of fused-ring (bicyclic) bond motifs is 1. The van der Waals surface area contributed by atoms with Gasteiger partial charge in [0.1, 0.15) is 5.82 Å². The number of hydrogen-bond donors (Lipinski definition) is 1. The summed E-state index contributed by atoms with van der Waals surface area (Å²) in [5.41, 5.74) is 2.13. The SMILES string of the molecule is O=C(Nc1ccc2ccccc2n1)[C@H]1CCN1Cc1ccccc1. The molecule has 4 heteroatoms. The summed E-state index contributed by atoms with van der Waals surface area (Å²) >= 11 is 0. The second-order valence-corrected chi connectivity index (χ2v) is 6.14. The van der Waals surface area contributed by atoms with Crippen LogP contribution in [0.15, 0.2) is 66.7 Å². The Bertz CT molecular complexity index is 863. The highest BCUT2D eigenvalue weighted by Gasteiger charge is 2.34. The first kappa shape index (κ1) is 14.8. The molecule has 0 saturated carbocycles. The topological polar surface area (TPSA) is 45.2 Å². The molecule has 120 valence electrons. The Kier molecular flexibility index (Phi) is 3.97. The molecular weight excluding hydrogens is 298 g/mol. The minimum atomic E-state index is -0.0709. The highest BCUT2D eigenvalue weighted by atomic mass is 16.2. The van der Waals surface area contributed by atoms with Crippen LogP contribution in [-0.2, 0) is 11.3 Å². The van der Waals surface area contributed by atoms with Crippen molar-refractivity contribution in [3.05, 3.63) is 72.3 Å². The summed E-state index contributed by atoms with van der Waals surface area (Å²) in [7, 11) is 0. The first-order valence-electron chi connectivity index (χ1n) is 8.24. The van der Waals surface area contributed by atoms with Crippen LogP contribution in [0.1, 0.15) is 12.0 Å². The molecule has 2 heterocycles. The molecule has 1 amide bonds. The van der Waals surface area contributed by atoms with Crippen LogP contribution >= 0.6 is 0 Å². The van der Waals surface area contributed by atoms with Crippen molar-refractivity contribution in [1.82, 2.24) is 9.88 Å². The van der Waals surface area contributed by atoms with E-state index in [0.29, 0.717) is 5.82 Å². The number of para-hydroxylation sites is 1. The maximum absolute atomic E-state index is 12.5. The summed E-state index contributed by atoms with van der Waals surface area (Å²) in [5.74, 6) is 0.644. The van der Waals surface area contributed by atoms with Gasteiger partial charge in [0, 0.05) is 18.5 Å². The molecule has 1 saturated heterocycles. The lowest BCUT2D eigenvalue weighted by molar-refractivity contribution is -0.125. The minimum absolute atomic E-state index is 0.0277. The van der Waals surface area contributed by atoms with Crippen LogP contribution in [0.2, 0.25) is 0 Å². The highest BCUT2D eigenvalue weighted by molar-refractivity contribution is 5.95. The van der Waals surface area contributed by atoms with Gasteiger partial charge >= 0.3 is 0 Å². The van der Waals surface area contributed by atoms with E-state index in [2.05, 4.69) is 27.3 Å². The maximum atomic E-state index is 12.5. The number of amides is 1.